The van der Waals surface area contributed by atoms with Crippen molar-refractivity contribution in [3.63, 3.8) is 0 Å². The molecule has 1 amide bonds. The van der Waals surface area contributed by atoms with Crippen LogP contribution in [0, 0.1) is 5.82 Å². The van der Waals surface area contributed by atoms with Gasteiger partial charge in [0.15, 0.2) is 0 Å². The van der Waals surface area contributed by atoms with E-state index < -0.39 is 33.8 Å². The topological polar surface area (TPSA) is 75.6 Å². The van der Waals surface area contributed by atoms with Crippen LogP contribution in [0.5, 0.6) is 5.75 Å². The third-order valence-electron chi connectivity index (χ3n) is 2.12. The van der Waals surface area contributed by atoms with Crippen molar-refractivity contribution in [2.75, 3.05) is 13.7 Å². The second-order valence-corrected chi connectivity index (χ2v) is 4.44. The zero-order chi connectivity index (χ0) is 13.7. The second kappa shape index (κ2) is 6.34. The molecule has 1 atom stereocenters. The van der Waals surface area contributed by atoms with Gasteiger partial charge < -0.3 is 15.2 Å². The summed E-state index contributed by atoms with van der Waals surface area (Å²) < 4.78 is 17.8. The van der Waals surface area contributed by atoms with Crippen molar-refractivity contribution in [2.24, 2.45) is 0 Å². The summed E-state index contributed by atoms with van der Waals surface area (Å²) in [6.07, 6.45) is 0. The molecule has 1 unspecified atom stereocenters. The van der Waals surface area contributed by atoms with Crippen LogP contribution >= 0.6 is 15.9 Å². The second-order valence-electron chi connectivity index (χ2n) is 3.33. The molecule has 1 rings (SSSR count). The number of phenolic OH excluding ortho intramolecular Hbond substituents is 1. The molecule has 18 heavy (non-hydrogen) atoms. The van der Waals surface area contributed by atoms with Gasteiger partial charge in [-0.2, -0.15) is 0 Å². The number of halogens is 2. The number of amides is 1. The van der Waals surface area contributed by atoms with Gasteiger partial charge in [0, 0.05) is 6.54 Å². The van der Waals surface area contributed by atoms with Gasteiger partial charge in [-0.05, 0) is 12.1 Å². The average Bonchev–Trinajstić information content (AvgIpc) is 2.34. The standard InChI is InChI=1S/C11H11BrFNO4/c1-18-11(17)6(12)5-14-10(16)9-7(13)3-2-4-8(9)15/h2-4,6,15H,5H2,1H3,(H,14,16). The summed E-state index contributed by atoms with van der Waals surface area (Å²) in [5.74, 6) is -2.67. The first kappa shape index (κ1) is 14.4. The van der Waals surface area contributed by atoms with Crippen molar-refractivity contribution < 1.29 is 23.8 Å². The first-order valence-electron chi connectivity index (χ1n) is 4.95. The lowest BCUT2D eigenvalue weighted by Gasteiger charge is -2.10. The molecule has 5 nitrogen and oxygen atoms in total. The van der Waals surface area contributed by atoms with Crippen molar-refractivity contribution in [3.05, 3.63) is 29.6 Å². The lowest BCUT2D eigenvalue weighted by atomic mass is 10.1. The van der Waals surface area contributed by atoms with Crippen LogP contribution in [-0.2, 0) is 9.53 Å². The molecule has 0 fully saturated rings. The Morgan fingerprint density at radius 3 is 2.78 bits per heavy atom. The van der Waals surface area contributed by atoms with Gasteiger partial charge in [-0.25, -0.2) is 4.39 Å². The van der Waals surface area contributed by atoms with E-state index in [4.69, 9.17) is 0 Å². The van der Waals surface area contributed by atoms with Crippen LogP contribution in [-0.4, -0.2) is 35.5 Å². The van der Waals surface area contributed by atoms with Gasteiger partial charge >= 0.3 is 5.97 Å². The number of hydrogen-bond donors (Lipinski definition) is 2. The van der Waals surface area contributed by atoms with E-state index in [1.807, 2.05) is 0 Å². The van der Waals surface area contributed by atoms with Gasteiger partial charge in [-0.15, -0.1) is 0 Å². The van der Waals surface area contributed by atoms with Gasteiger partial charge in [0.05, 0.1) is 7.11 Å². The zero-order valence-corrected chi connectivity index (χ0v) is 11.0. The molecular weight excluding hydrogens is 309 g/mol. The molecule has 0 aliphatic carbocycles. The van der Waals surface area contributed by atoms with Crippen molar-refractivity contribution in [1.82, 2.24) is 5.32 Å². The first-order valence-corrected chi connectivity index (χ1v) is 5.86. The quantitative estimate of drug-likeness (QED) is 0.646. The number of nitrogens with one attached hydrogen (secondary N) is 1. The van der Waals surface area contributed by atoms with Gasteiger partial charge in [0.2, 0.25) is 0 Å². The van der Waals surface area contributed by atoms with Crippen molar-refractivity contribution in [1.29, 1.82) is 0 Å². The molecular formula is C11H11BrFNO4. The van der Waals surface area contributed by atoms with Crippen molar-refractivity contribution in [2.45, 2.75) is 4.83 Å². The maximum absolute atomic E-state index is 13.3. The molecule has 98 valence electrons. The summed E-state index contributed by atoms with van der Waals surface area (Å²) in [4.78, 5) is 21.9. The summed E-state index contributed by atoms with van der Waals surface area (Å²) in [7, 11) is 1.21. The molecule has 0 spiro atoms. The fourth-order valence-corrected chi connectivity index (χ4v) is 1.57. The van der Waals surface area contributed by atoms with Gasteiger partial charge in [-0.3, -0.25) is 9.59 Å². The molecule has 7 heteroatoms. The minimum atomic E-state index is -0.836. The highest BCUT2D eigenvalue weighted by Crippen LogP contribution is 2.19. The maximum Gasteiger partial charge on any atom is 0.321 e. The third kappa shape index (κ3) is 3.43. The highest BCUT2D eigenvalue weighted by Gasteiger charge is 2.20. The molecule has 0 saturated heterocycles. The first-order chi connectivity index (χ1) is 8.47. The largest absolute Gasteiger partial charge is 0.507 e. The normalized spacial score (nSPS) is 11.7. The number of ether oxygens (including phenoxy) is 1. The Morgan fingerprint density at radius 1 is 1.56 bits per heavy atom. The number of rotatable bonds is 4. The van der Waals surface area contributed by atoms with Gasteiger partial charge in [0.25, 0.3) is 5.91 Å². The molecule has 0 heterocycles. The van der Waals surface area contributed by atoms with Crippen LogP contribution in [0.3, 0.4) is 0 Å². The van der Waals surface area contributed by atoms with Crippen LogP contribution in [0.15, 0.2) is 18.2 Å². The molecule has 1 aromatic rings. The van der Waals surface area contributed by atoms with E-state index in [0.29, 0.717) is 0 Å². The van der Waals surface area contributed by atoms with Crippen molar-refractivity contribution in [3.8, 4) is 5.75 Å². The molecule has 0 aromatic heterocycles. The molecule has 2 N–H and O–H groups in total. The maximum atomic E-state index is 13.3. The number of carbonyl (C=O) groups is 2. The predicted octanol–water partition coefficient (Wildman–Crippen LogP) is 1.20. The highest BCUT2D eigenvalue weighted by molar-refractivity contribution is 9.10. The Kier molecular flexibility index (Phi) is 5.08. The number of alkyl halides is 1. The van der Waals surface area contributed by atoms with E-state index in [-0.39, 0.29) is 6.54 Å². The SMILES string of the molecule is COC(=O)C(Br)CNC(=O)c1c(O)cccc1F. The number of esters is 1. The average molecular weight is 320 g/mol. The van der Waals surface area contributed by atoms with E-state index in [9.17, 15) is 19.1 Å². The van der Waals surface area contributed by atoms with Crippen molar-refractivity contribution >= 4 is 27.8 Å². The zero-order valence-electron chi connectivity index (χ0n) is 9.44. The minimum absolute atomic E-state index is 0.0840. The van der Waals surface area contributed by atoms with Crippen LogP contribution in [0.1, 0.15) is 10.4 Å². The third-order valence-corrected chi connectivity index (χ3v) is 2.82. The van der Waals surface area contributed by atoms with E-state index in [1.165, 1.54) is 19.2 Å². The van der Waals surface area contributed by atoms with Crippen LogP contribution < -0.4 is 5.32 Å². The number of hydrogen-bond acceptors (Lipinski definition) is 4. The number of phenols is 1. The number of methoxy groups -OCH3 is 1. The van der Waals surface area contributed by atoms with E-state index in [2.05, 4.69) is 26.0 Å². The Balaban J connectivity index is 2.69. The van der Waals surface area contributed by atoms with E-state index in [0.717, 1.165) is 6.07 Å². The van der Waals surface area contributed by atoms with Gasteiger partial charge in [-0.1, -0.05) is 22.0 Å². The molecule has 0 bridgehead atoms. The Bertz CT molecular complexity index is 446. The van der Waals surface area contributed by atoms with E-state index in [1.54, 1.807) is 0 Å². The summed E-state index contributed by atoms with van der Waals surface area (Å²) >= 11 is 3.00. The predicted molar refractivity (Wildman–Crippen MR) is 65.1 cm³/mol. The molecule has 1 aromatic carbocycles. The summed E-state index contributed by atoms with van der Waals surface area (Å²) in [6.45, 7) is -0.0840. The highest BCUT2D eigenvalue weighted by atomic mass is 79.9. The van der Waals surface area contributed by atoms with Crippen LogP contribution in [0.25, 0.3) is 0 Å². The molecule has 0 aliphatic heterocycles. The van der Waals surface area contributed by atoms with Crippen LogP contribution in [0.4, 0.5) is 4.39 Å². The lowest BCUT2D eigenvalue weighted by molar-refractivity contribution is -0.139. The number of carbonyl (C=O) groups excluding carboxylic acids is 2. The lowest BCUT2D eigenvalue weighted by Crippen LogP contribution is -2.34. The molecule has 0 saturated carbocycles. The summed E-state index contributed by atoms with van der Waals surface area (Å²) in [5, 5.41) is 11.7. The van der Waals surface area contributed by atoms with Gasteiger partial charge in [0.1, 0.15) is 22.0 Å². The van der Waals surface area contributed by atoms with Crippen LogP contribution in [0.2, 0.25) is 0 Å². The van der Waals surface area contributed by atoms with E-state index >= 15 is 0 Å². The smallest absolute Gasteiger partial charge is 0.321 e. The fraction of sp³-hybridized carbons (Fsp3) is 0.273. The molecule has 0 aliphatic rings. The number of aromatic hydroxyl groups is 1. The fourth-order valence-electron chi connectivity index (χ4n) is 1.22. The summed E-state index contributed by atoms with van der Waals surface area (Å²) in [5.41, 5.74) is -0.456. The Morgan fingerprint density at radius 2 is 2.22 bits per heavy atom. The Labute approximate surface area is 111 Å². The monoisotopic (exact) mass is 319 g/mol. The Hall–Kier alpha value is -1.63. The minimum Gasteiger partial charge on any atom is -0.507 e. The summed E-state index contributed by atoms with van der Waals surface area (Å²) in [6, 6.07) is 3.54. The number of benzene rings is 1. The molecule has 0 radical (unpaired) electrons.